The molecule has 4 aromatic carbocycles. The Bertz CT molecular complexity index is 2580. The maximum Gasteiger partial charge on any atom is 0.336 e. The summed E-state index contributed by atoms with van der Waals surface area (Å²) in [4.78, 5) is 49.4. The Balaban J connectivity index is 0.000000274. The van der Waals surface area contributed by atoms with Crippen molar-refractivity contribution in [3.05, 3.63) is 131 Å². The first-order valence-electron chi connectivity index (χ1n) is 26.0. The molecule has 6 rings (SSSR count). The number of ether oxygens (including phenoxy) is 6. The molecule has 400 valence electrons. The molecule has 12 heteroatoms. The minimum atomic E-state index is -0.802. The minimum absolute atomic E-state index is 0.00198. The van der Waals surface area contributed by atoms with Gasteiger partial charge < -0.3 is 28.4 Å². The number of carbonyl (C=O) groups is 4. The van der Waals surface area contributed by atoms with Crippen molar-refractivity contribution < 1.29 is 56.4 Å². The Hall–Kier alpha value is -6.30. The van der Waals surface area contributed by atoms with E-state index in [2.05, 4.69) is 13.8 Å². The fourth-order valence-corrected chi connectivity index (χ4v) is 9.24. The maximum absolute atomic E-state index is 14.9. The number of halogens is 2. The molecule has 10 nitrogen and oxygen atoms in total. The Morgan fingerprint density at radius 2 is 0.905 bits per heavy atom. The van der Waals surface area contributed by atoms with Gasteiger partial charge in [0.1, 0.15) is 23.7 Å². The molecule has 4 aromatic rings. The van der Waals surface area contributed by atoms with Gasteiger partial charge in [0.2, 0.25) is 0 Å². The topological polar surface area (TPSA) is 124 Å². The van der Waals surface area contributed by atoms with Crippen LogP contribution in [0.15, 0.2) is 97.1 Å². The number of carbonyl (C=O) groups excluding carboxylic acids is 4. The molecular weight excluding hydrogens is 943 g/mol. The van der Waals surface area contributed by atoms with Crippen LogP contribution in [0.4, 0.5) is 8.78 Å². The van der Waals surface area contributed by atoms with Crippen molar-refractivity contribution in [3.63, 3.8) is 0 Å². The number of esters is 4. The van der Waals surface area contributed by atoms with Crippen LogP contribution in [0, 0.1) is 39.7 Å². The summed E-state index contributed by atoms with van der Waals surface area (Å²) in [5.41, 5.74) is 1.09. The van der Waals surface area contributed by atoms with Crippen molar-refractivity contribution >= 4 is 36.0 Å². The summed E-state index contributed by atoms with van der Waals surface area (Å²) in [6.45, 7) is 19.7. The quantitative estimate of drug-likeness (QED) is 0.0540. The first-order valence-corrected chi connectivity index (χ1v) is 26.0. The highest BCUT2D eigenvalue weighted by Gasteiger charge is 2.42. The lowest BCUT2D eigenvalue weighted by Crippen LogP contribution is -2.40. The largest absolute Gasteiger partial charge is 0.497 e. The number of hydrogen-bond donors (Lipinski definition) is 0. The number of benzene rings is 4. The van der Waals surface area contributed by atoms with E-state index in [1.807, 2.05) is 65.8 Å². The van der Waals surface area contributed by atoms with Crippen molar-refractivity contribution in [3.8, 4) is 23.0 Å². The predicted octanol–water partition coefficient (Wildman–Crippen LogP) is 14.6. The van der Waals surface area contributed by atoms with Gasteiger partial charge in [-0.25, -0.2) is 18.4 Å². The smallest absolute Gasteiger partial charge is 0.336 e. The van der Waals surface area contributed by atoms with Gasteiger partial charge in [0.05, 0.1) is 25.0 Å². The second-order valence-electron chi connectivity index (χ2n) is 22.0. The van der Waals surface area contributed by atoms with Crippen LogP contribution in [-0.2, 0) is 34.1 Å². The van der Waals surface area contributed by atoms with E-state index in [1.165, 1.54) is 36.4 Å². The molecular formula is C62H78F2O10. The summed E-state index contributed by atoms with van der Waals surface area (Å²) in [6, 6.07) is 23.2. The molecule has 0 N–H and O–H groups in total. The van der Waals surface area contributed by atoms with Gasteiger partial charge >= 0.3 is 23.9 Å². The highest BCUT2D eigenvalue weighted by molar-refractivity contribution is 5.89. The van der Waals surface area contributed by atoms with E-state index in [4.69, 9.17) is 28.4 Å². The Morgan fingerprint density at radius 1 is 0.514 bits per heavy atom. The van der Waals surface area contributed by atoms with Gasteiger partial charge in [0.25, 0.3) is 0 Å². The fraction of sp³-hybridized carbons (Fsp3) is 0.484. The van der Waals surface area contributed by atoms with E-state index in [0.717, 1.165) is 74.7 Å². The van der Waals surface area contributed by atoms with Crippen molar-refractivity contribution in [2.45, 2.75) is 151 Å². The van der Waals surface area contributed by atoms with E-state index in [-0.39, 0.29) is 41.1 Å². The molecule has 0 heterocycles. The lowest BCUT2D eigenvalue weighted by Gasteiger charge is -2.46. The van der Waals surface area contributed by atoms with Crippen LogP contribution in [0.3, 0.4) is 0 Å². The van der Waals surface area contributed by atoms with Crippen LogP contribution in [0.2, 0.25) is 0 Å². The van der Waals surface area contributed by atoms with Gasteiger partial charge in [0.15, 0.2) is 23.1 Å². The van der Waals surface area contributed by atoms with Crippen LogP contribution in [0.5, 0.6) is 23.0 Å². The summed E-state index contributed by atoms with van der Waals surface area (Å²) in [6.07, 6.45) is 15.7. The van der Waals surface area contributed by atoms with Gasteiger partial charge in [-0.2, -0.15) is 0 Å². The van der Waals surface area contributed by atoms with Gasteiger partial charge in [-0.1, -0.05) is 77.9 Å². The van der Waals surface area contributed by atoms with E-state index < -0.39 is 39.8 Å². The fourth-order valence-electron chi connectivity index (χ4n) is 9.24. The molecule has 0 saturated heterocycles. The van der Waals surface area contributed by atoms with Crippen LogP contribution < -0.4 is 18.9 Å². The van der Waals surface area contributed by atoms with Crippen LogP contribution >= 0.6 is 0 Å². The van der Waals surface area contributed by atoms with Gasteiger partial charge in [-0.15, -0.1) is 0 Å². The lowest BCUT2D eigenvalue weighted by atomic mass is 9.60. The molecule has 0 radical (unpaired) electrons. The second-order valence-corrected chi connectivity index (χ2v) is 22.0. The summed E-state index contributed by atoms with van der Waals surface area (Å²) in [7, 11) is 3.20. The molecule has 2 aliphatic rings. The molecule has 0 bridgehead atoms. The zero-order chi connectivity index (χ0) is 54.4. The third-order valence-electron chi connectivity index (χ3n) is 15.7. The molecule has 0 atom stereocenters. The molecule has 2 aliphatic carbocycles. The van der Waals surface area contributed by atoms with Gasteiger partial charge in [-0.3, -0.25) is 9.59 Å². The summed E-state index contributed by atoms with van der Waals surface area (Å²) in [5.74, 6) is -0.620. The maximum atomic E-state index is 14.9. The molecule has 74 heavy (non-hydrogen) atoms. The third kappa shape index (κ3) is 15.9. The predicted molar refractivity (Wildman–Crippen MR) is 286 cm³/mol. The van der Waals surface area contributed by atoms with Crippen molar-refractivity contribution in [1.82, 2.24) is 0 Å². The van der Waals surface area contributed by atoms with E-state index >= 15 is 0 Å². The Labute approximate surface area is 438 Å². The van der Waals surface area contributed by atoms with Crippen molar-refractivity contribution in [2.24, 2.45) is 28.1 Å². The second kappa shape index (κ2) is 25.8. The highest BCUT2D eigenvalue weighted by Crippen LogP contribution is 2.49. The van der Waals surface area contributed by atoms with Gasteiger partial charge in [-0.05, 0) is 192 Å². The first kappa shape index (κ1) is 58.6. The van der Waals surface area contributed by atoms with E-state index in [0.29, 0.717) is 35.1 Å². The van der Waals surface area contributed by atoms with Crippen LogP contribution in [-0.4, -0.2) is 50.3 Å². The standard InChI is InChI=1S/C31H32F2O5.C31H46O5/c1-7-30(2,3)29(35)38-27-16-12-22(19-25(27)33)31(4,5)21-11-15-26(24(32)18-21)37-28(34)17-10-20-8-13-23(36-6)14-9-20;1-7-30(2,3)29(33)36-27-19-13-24(14-20-27)31(4,5)23-11-17-26(18-12-23)35-28(32)21-10-22-8-15-25(34-6)16-9-22/h8-19H,7H2,1-6H3;8-10,15-16,21,23-24,26-27H,7,11-14,17-20H2,1-6H3/b17-10+;21-10+. The molecule has 2 fully saturated rings. The number of hydrogen-bond acceptors (Lipinski definition) is 10. The molecule has 2 saturated carbocycles. The van der Waals surface area contributed by atoms with Crippen LogP contribution in [0.25, 0.3) is 12.2 Å². The summed E-state index contributed by atoms with van der Waals surface area (Å²) >= 11 is 0. The summed E-state index contributed by atoms with van der Waals surface area (Å²) in [5, 5.41) is 0. The van der Waals surface area contributed by atoms with Gasteiger partial charge in [0, 0.05) is 17.6 Å². The Kier molecular flexibility index (Phi) is 20.4. The molecule has 0 amide bonds. The average molecular weight is 1020 g/mol. The number of rotatable bonds is 18. The lowest BCUT2D eigenvalue weighted by molar-refractivity contribution is -0.162. The van der Waals surface area contributed by atoms with E-state index in [9.17, 15) is 28.0 Å². The van der Waals surface area contributed by atoms with Crippen LogP contribution in [0.1, 0.15) is 156 Å². The van der Waals surface area contributed by atoms with Crippen molar-refractivity contribution in [1.29, 1.82) is 0 Å². The average Bonchev–Trinajstić information content (AvgIpc) is 3.39. The molecule has 0 aromatic heterocycles. The molecule has 0 unspecified atom stereocenters. The summed E-state index contributed by atoms with van der Waals surface area (Å²) < 4.78 is 62.0. The Morgan fingerprint density at radius 3 is 1.31 bits per heavy atom. The van der Waals surface area contributed by atoms with E-state index in [1.54, 1.807) is 76.6 Å². The third-order valence-corrected chi connectivity index (χ3v) is 15.7. The highest BCUT2D eigenvalue weighted by atomic mass is 19.1. The van der Waals surface area contributed by atoms with Crippen molar-refractivity contribution in [2.75, 3.05) is 14.2 Å². The molecule has 0 aliphatic heterocycles. The first-order chi connectivity index (χ1) is 34.9. The molecule has 0 spiro atoms. The zero-order valence-electron chi connectivity index (χ0n) is 45.6. The zero-order valence-corrected chi connectivity index (χ0v) is 45.6. The number of methoxy groups -OCH3 is 2. The monoisotopic (exact) mass is 1020 g/mol. The normalized spacial score (nSPS) is 18.5. The SMILES string of the molecule is CCC(C)(C)C(=O)OC1CCC(C(C)(C)C2CCC(OC(=O)/C=C/c3ccc(OC)cc3)CC2)CC1.CCC(C)(C)C(=O)Oc1ccc(C(C)(C)c2ccc(OC(=O)/C=C/c3ccc(OC)cc3)c(F)c2)cc1F. The minimum Gasteiger partial charge on any atom is -0.497 e.